The fraction of sp³-hybridized carbons (Fsp3) is 0.192. The summed E-state index contributed by atoms with van der Waals surface area (Å²) in [6.45, 7) is 7.43. The van der Waals surface area contributed by atoms with Gasteiger partial charge in [-0.2, -0.15) is 9.97 Å². The van der Waals surface area contributed by atoms with E-state index in [9.17, 15) is 23.1 Å². The summed E-state index contributed by atoms with van der Waals surface area (Å²) < 4.78 is 103. The van der Waals surface area contributed by atoms with Crippen LogP contribution in [0.2, 0.25) is 5.02 Å². The van der Waals surface area contributed by atoms with Crippen molar-refractivity contribution in [2.45, 2.75) is 26.3 Å². The van der Waals surface area contributed by atoms with Gasteiger partial charge >= 0.3 is 15.2 Å². The highest BCUT2D eigenvalue weighted by Gasteiger charge is 2.33. The fourth-order valence-corrected chi connectivity index (χ4v) is 11.2. The lowest BCUT2D eigenvalue weighted by Gasteiger charge is -2.19. The molecule has 8 aromatic rings. The number of nitrogens with two attached hydrogens (primary N) is 2. The molecule has 0 saturated carbocycles. The molecule has 6 N–H and O–H groups in total. The summed E-state index contributed by atoms with van der Waals surface area (Å²) in [5.41, 5.74) is 14.0. The van der Waals surface area contributed by atoms with E-state index >= 15 is 0 Å². The molecule has 0 radical (unpaired) electrons. The first-order chi connectivity index (χ1) is 39.4. The Balaban J connectivity index is 0.000000198. The van der Waals surface area contributed by atoms with Crippen molar-refractivity contribution in [3.8, 4) is 0 Å². The maximum Gasteiger partial charge on any atom is 0.356 e. The molecule has 82 heavy (non-hydrogen) atoms. The van der Waals surface area contributed by atoms with Gasteiger partial charge in [-0.1, -0.05) is 67.7 Å². The number of rotatable bonds is 24. The minimum absolute atomic E-state index is 0.00532. The van der Waals surface area contributed by atoms with E-state index in [2.05, 4.69) is 74.9 Å². The third-order valence-electron chi connectivity index (χ3n) is 11.5. The third-order valence-corrected chi connectivity index (χ3v) is 15.8. The Kier molecular flexibility index (Phi) is 19.4. The highest BCUT2D eigenvalue weighted by Crippen LogP contribution is 2.51. The minimum Gasteiger partial charge on any atom is -0.424 e. The molecule has 0 aliphatic carbocycles. The van der Waals surface area contributed by atoms with Crippen molar-refractivity contribution < 1.29 is 60.0 Å². The van der Waals surface area contributed by atoms with Crippen molar-refractivity contribution in [1.29, 1.82) is 0 Å². The van der Waals surface area contributed by atoms with Crippen LogP contribution in [0.3, 0.4) is 0 Å². The molecule has 2 aliphatic heterocycles. The normalized spacial score (nSPS) is 14.7. The lowest BCUT2D eigenvalue weighted by Crippen LogP contribution is -2.13. The zero-order valence-corrected chi connectivity index (χ0v) is 48.6. The highest BCUT2D eigenvalue weighted by atomic mass is 79.9. The number of imidazole rings is 2. The molecule has 2 atom stereocenters. The Morgan fingerprint density at radius 1 is 0.610 bits per heavy atom. The van der Waals surface area contributed by atoms with E-state index in [1.807, 2.05) is 48.5 Å². The number of halogens is 4. The molecule has 4 aromatic carbocycles. The Morgan fingerprint density at radius 3 is 1.45 bits per heavy atom. The second kappa shape index (κ2) is 26.8. The average molecular weight is 1310 g/mol. The van der Waals surface area contributed by atoms with E-state index in [1.165, 1.54) is 36.9 Å². The summed E-state index contributed by atoms with van der Waals surface area (Å²) in [5, 5.41) is 0.558. The first kappa shape index (κ1) is 59.4. The second-order valence-corrected chi connectivity index (χ2v) is 23.7. The molecule has 0 amide bonds. The Hall–Kier alpha value is -7.26. The van der Waals surface area contributed by atoms with Gasteiger partial charge in [-0.15, -0.1) is 0 Å². The monoisotopic (exact) mass is 1310 g/mol. The van der Waals surface area contributed by atoms with Gasteiger partial charge in [0.15, 0.2) is 45.4 Å². The summed E-state index contributed by atoms with van der Waals surface area (Å²) in [7, 11) is -7.72. The van der Waals surface area contributed by atoms with Gasteiger partial charge in [0.1, 0.15) is 31.7 Å². The molecule has 2 unspecified atom stereocenters. The van der Waals surface area contributed by atoms with Crippen LogP contribution >= 0.6 is 58.7 Å². The second-order valence-electron chi connectivity index (χ2n) is 17.4. The van der Waals surface area contributed by atoms with Crippen LogP contribution in [0.5, 0.6) is 0 Å². The van der Waals surface area contributed by atoms with Crippen LogP contribution in [0.15, 0.2) is 165 Å². The molecule has 0 fully saturated rings. The molecule has 0 bridgehead atoms. The molecule has 4 aromatic heterocycles. The molecule has 6 heterocycles. The van der Waals surface area contributed by atoms with Gasteiger partial charge in [-0.3, -0.25) is 37.7 Å². The van der Waals surface area contributed by atoms with Crippen molar-refractivity contribution >= 4 is 104 Å². The summed E-state index contributed by atoms with van der Waals surface area (Å²) >= 11 is 12.8. The zero-order chi connectivity index (χ0) is 58.0. The van der Waals surface area contributed by atoms with Crippen molar-refractivity contribution in [2.75, 3.05) is 50.6 Å². The molecule has 24 nitrogen and oxygen atoms in total. The van der Waals surface area contributed by atoms with Gasteiger partial charge in [0, 0.05) is 38.2 Å². The number of nitrogen functional groups attached to an aromatic ring is 2. The van der Waals surface area contributed by atoms with Crippen molar-refractivity contribution in [2.24, 2.45) is 0 Å². The standard InChI is InChI=1S/C26H24BrClN5O7P.C26H24BrFN5O7P/c2*1-16-39-21(23(40-16)18-5-7-20(28)8-6-18)13-38-41(35,37-12-17-3-2-4-19(27)11-17)15-36-10-9-33-14-30-22-24(33)31-26(29)32-25(22)34/h2*2-8,11,14H,1,9-10,12-13,15H2,(H3,29,31,32,34). The predicted molar refractivity (Wildman–Crippen MR) is 306 cm³/mol. The summed E-state index contributed by atoms with van der Waals surface area (Å²) in [4.78, 5) is 45.2. The van der Waals surface area contributed by atoms with Crippen LogP contribution in [-0.2, 0) is 81.9 Å². The number of hydrogen-bond donors (Lipinski definition) is 4. The van der Waals surface area contributed by atoms with Crippen molar-refractivity contribution in [3.63, 3.8) is 0 Å². The van der Waals surface area contributed by atoms with Crippen molar-refractivity contribution in [1.82, 2.24) is 39.0 Å². The van der Waals surface area contributed by atoms with E-state index in [-0.39, 0.29) is 111 Å². The molecule has 428 valence electrons. The number of anilines is 2. The Labute approximate surface area is 486 Å². The number of aromatic nitrogens is 8. The quantitative estimate of drug-likeness (QED) is 0.0323. The van der Waals surface area contributed by atoms with E-state index in [1.54, 1.807) is 33.4 Å². The number of H-pyrrole nitrogens is 2. The van der Waals surface area contributed by atoms with E-state index in [4.69, 9.17) is 69.6 Å². The van der Waals surface area contributed by atoms with Gasteiger partial charge in [0.25, 0.3) is 23.0 Å². The molecule has 10 rings (SSSR count). The number of ether oxygens (including phenoxy) is 6. The number of aromatic amines is 2. The fourth-order valence-electron chi connectivity index (χ4n) is 7.67. The van der Waals surface area contributed by atoms with Crippen LogP contribution in [0.1, 0.15) is 22.3 Å². The lowest BCUT2D eigenvalue weighted by molar-refractivity contribution is 0.114. The smallest absolute Gasteiger partial charge is 0.356 e. The third kappa shape index (κ3) is 15.6. The number of benzene rings is 4. The first-order valence-electron chi connectivity index (χ1n) is 24.3. The number of nitrogens with one attached hydrogen (secondary N) is 2. The van der Waals surface area contributed by atoms with Crippen LogP contribution in [-0.4, -0.2) is 78.2 Å². The summed E-state index contributed by atoms with van der Waals surface area (Å²) in [5.74, 6) is 0.621. The number of fused-ring (bicyclic) bond motifs is 2. The summed E-state index contributed by atoms with van der Waals surface area (Å²) in [6, 6.07) is 27.2. The average Bonchev–Trinajstić information content (AvgIpc) is 4.38. The van der Waals surface area contributed by atoms with Crippen LogP contribution in [0.4, 0.5) is 16.3 Å². The van der Waals surface area contributed by atoms with Gasteiger partial charge < -0.3 is 58.1 Å². The maximum atomic E-state index is 13.8. The van der Waals surface area contributed by atoms with Gasteiger partial charge in [0.05, 0.1) is 39.1 Å². The van der Waals surface area contributed by atoms with E-state index < -0.39 is 38.5 Å². The van der Waals surface area contributed by atoms with Crippen LogP contribution in [0.25, 0.3) is 33.8 Å². The van der Waals surface area contributed by atoms with Gasteiger partial charge in [0.2, 0.25) is 11.9 Å². The molecule has 0 saturated heterocycles. The largest absolute Gasteiger partial charge is 0.424 e. The first-order valence-corrected chi connectivity index (χ1v) is 29.7. The molecule has 0 spiro atoms. The SMILES string of the molecule is C=C1OC(COP(=O)(COCCn2cnc3c(=O)[nH]c(N)nc32)OCc2cccc(Br)c2)=C(c2ccc(Cl)cc2)O1.C=C1OC(COP(=O)(COCCn2cnc3c(=O)[nH]c(N)nc32)OCc2cccc(Br)c2)=C(c2ccc(F)cc2)O1. The van der Waals surface area contributed by atoms with Gasteiger partial charge in [-0.05, 0) is 97.1 Å². The van der Waals surface area contributed by atoms with E-state index in [0.29, 0.717) is 33.2 Å². The van der Waals surface area contributed by atoms with Crippen LogP contribution < -0.4 is 22.6 Å². The highest BCUT2D eigenvalue weighted by molar-refractivity contribution is 9.10. The van der Waals surface area contributed by atoms with Crippen molar-refractivity contribution in [3.05, 3.63) is 209 Å². The zero-order valence-electron chi connectivity index (χ0n) is 42.8. The predicted octanol–water partition coefficient (Wildman–Crippen LogP) is 10.3. The topological polar surface area (TPSA) is 306 Å². The van der Waals surface area contributed by atoms with E-state index in [0.717, 1.165) is 20.1 Å². The molecular weight excluding hydrogens is 1260 g/mol. The lowest BCUT2D eigenvalue weighted by atomic mass is 10.1. The van der Waals surface area contributed by atoms with Gasteiger partial charge in [-0.25, -0.2) is 14.4 Å². The summed E-state index contributed by atoms with van der Waals surface area (Å²) in [6.07, 6.45) is 2.12. The molecule has 30 heteroatoms. The Bertz CT molecular complexity index is 3700. The number of nitrogens with zero attached hydrogens (tertiary/aromatic N) is 6. The molecular formula is C52H48Br2ClFN10O14P2. The molecule has 2 aliphatic rings. The maximum absolute atomic E-state index is 13.8. The van der Waals surface area contributed by atoms with Crippen LogP contribution in [0, 0.1) is 5.82 Å². The Morgan fingerprint density at radius 2 is 1.02 bits per heavy atom. The number of hydrogen-bond acceptors (Lipinski definition) is 20. The minimum atomic E-state index is -3.88.